The second-order valence-corrected chi connectivity index (χ2v) is 7.32. The fourth-order valence-corrected chi connectivity index (χ4v) is 3.37. The summed E-state index contributed by atoms with van der Waals surface area (Å²) >= 11 is 11.9. The van der Waals surface area contributed by atoms with Gasteiger partial charge in [-0.15, -0.1) is 0 Å². The molecule has 132 valence electrons. The van der Waals surface area contributed by atoms with Crippen molar-refractivity contribution in [1.29, 1.82) is 0 Å². The number of nitrogens with one attached hydrogen (secondary N) is 1. The number of fused-ring (bicyclic) bond motifs is 1. The standard InChI is InChI=1S/C20H16Cl2N2O2/c21-16-8-7-13(9-17(16)22)23-19(25)11-24-10-15(20(26)12-5-6-12)14-3-1-2-4-18(14)24/h1-4,7-10,12H,5-6,11H2,(H,23,25). The smallest absolute Gasteiger partial charge is 0.244 e. The van der Waals surface area contributed by atoms with Gasteiger partial charge in [0.2, 0.25) is 5.91 Å². The number of ketones is 1. The van der Waals surface area contributed by atoms with E-state index in [9.17, 15) is 9.59 Å². The number of halogens is 2. The number of anilines is 1. The van der Waals surface area contributed by atoms with Gasteiger partial charge in [-0.05, 0) is 37.1 Å². The van der Waals surface area contributed by atoms with Crippen LogP contribution in [-0.2, 0) is 11.3 Å². The quantitative estimate of drug-likeness (QED) is 0.614. The van der Waals surface area contributed by atoms with Crippen LogP contribution in [0.2, 0.25) is 10.0 Å². The van der Waals surface area contributed by atoms with Crippen LogP contribution in [0.3, 0.4) is 0 Å². The number of para-hydroxylation sites is 1. The van der Waals surface area contributed by atoms with E-state index >= 15 is 0 Å². The molecule has 0 atom stereocenters. The van der Waals surface area contributed by atoms with E-state index in [0.717, 1.165) is 23.7 Å². The van der Waals surface area contributed by atoms with Crippen LogP contribution in [-0.4, -0.2) is 16.3 Å². The van der Waals surface area contributed by atoms with Gasteiger partial charge in [-0.25, -0.2) is 0 Å². The molecule has 1 heterocycles. The number of hydrogen-bond donors (Lipinski definition) is 1. The van der Waals surface area contributed by atoms with Gasteiger partial charge in [0.1, 0.15) is 6.54 Å². The maximum absolute atomic E-state index is 12.5. The molecule has 1 N–H and O–H groups in total. The molecule has 0 unspecified atom stereocenters. The molecular formula is C20H16Cl2N2O2. The lowest BCUT2D eigenvalue weighted by Crippen LogP contribution is -2.18. The van der Waals surface area contributed by atoms with E-state index in [4.69, 9.17) is 23.2 Å². The molecule has 2 aromatic carbocycles. The molecule has 1 aliphatic carbocycles. The molecule has 1 aromatic heterocycles. The lowest BCUT2D eigenvalue weighted by Gasteiger charge is -2.08. The number of carbonyl (C=O) groups is 2. The summed E-state index contributed by atoms with van der Waals surface area (Å²) in [6.45, 7) is 0.110. The third-order valence-electron chi connectivity index (χ3n) is 4.52. The fourth-order valence-electron chi connectivity index (χ4n) is 3.07. The summed E-state index contributed by atoms with van der Waals surface area (Å²) in [6, 6.07) is 12.6. The lowest BCUT2D eigenvalue weighted by atomic mass is 10.1. The van der Waals surface area contributed by atoms with Crippen LogP contribution in [0.4, 0.5) is 5.69 Å². The van der Waals surface area contributed by atoms with Crippen molar-refractivity contribution >= 4 is 51.5 Å². The molecule has 1 amide bonds. The van der Waals surface area contributed by atoms with Crippen molar-refractivity contribution in [1.82, 2.24) is 4.57 Å². The highest BCUT2D eigenvalue weighted by molar-refractivity contribution is 6.42. The third kappa shape index (κ3) is 3.35. The van der Waals surface area contributed by atoms with Crippen LogP contribution in [0.5, 0.6) is 0 Å². The van der Waals surface area contributed by atoms with Crippen molar-refractivity contribution in [2.24, 2.45) is 5.92 Å². The molecule has 6 heteroatoms. The molecule has 3 aromatic rings. The summed E-state index contributed by atoms with van der Waals surface area (Å²) in [5, 5.41) is 4.52. The molecule has 1 aliphatic rings. The maximum atomic E-state index is 12.5. The second-order valence-electron chi connectivity index (χ2n) is 6.50. The van der Waals surface area contributed by atoms with Gasteiger partial charge in [0.15, 0.2) is 5.78 Å². The summed E-state index contributed by atoms with van der Waals surface area (Å²) in [7, 11) is 0. The second kappa shape index (κ2) is 6.78. The number of hydrogen-bond acceptors (Lipinski definition) is 2. The number of carbonyl (C=O) groups excluding carboxylic acids is 2. The summed E-state index contributed by atoms with van der Waals surface area (Å²) < 4.78 is 1.82. The Morgan fingerprint density at radius 2 is 1.85 bits per heavy atom. The first kappa shape index (κ1) is 17.1. The number of rotatable bonds is 5. The van der Waals surface area contributed by atoms with Gasteiger partial charge in [0, 0.05) is 34.3 Å². The third-order valence-corrected chi connectivity index (χ3v) is 5.26. The van der Waals surface area contributed by atoms with Gasteiger partial charge < -0.3 is 9.88 Å². The molecule has 4 rings (SSSR count). The summed E-state index contributed by atoms with van der Waals surface area (Å²) in [6.07, 6.45) is 3.70. The minimum Gasteiger partial charge on any atom is -0.337 e. The van der Waals surface area contributed by atoms with Crippen LogP contribution < -0.4 is 5.32 Å². The van der Waals surface area contributed by atoms with Gasteiger partial charge in [-0.2, -0.15) is 0 Å². The molecule has 0 saturated heterocycles. The Labute approximate surface area is 160 Å². The van der Waals surface area contributed by atoms with Crippen molar-refractivity contribution in [2.75, 3.05) is 5.32 Å². The van der Waals surface area contributed by atoms with E-state index in [1.165, 1.54) is 0 Å². The van der Waals surface area contributed by atoms with E-state index in [2.05, 4.69) is 5.32 Å². The Kier molecular flexibility index (Phi) is 4.47. The van der Waals surface area contributed by atoms with Gasteiger partial charge in [0.25, 0.3) is 0 Å². The van der Waals surface area contributed by atoms with Crippen LogP contribution in [0, 0.1) is 5.92 Å². The number of aromatic nitrogens is 1. The number of Topliss-reactive ketones (excluding diaryl/α,β-unsaturated/α-hetero) is 1. The molecular weight excluding hydrogens is 371 g/mol. The van der Waals surface area contributed by atoms with E-state index in [1.54, 1.807) is 24.4 Å². The first-order chi connectivity index (χ1) is 12.5. The van der Waals surface area contributed by atoms with Gasteiger partial charge >= 0.3 is 0 Å². The predicted octanol–water partition coefficient (Wildman–Crippen LogP) is 5.18. The van der Waals surface area contributed by atoms with Crippen molar-refractivity contribution < 1.29 is 9.59 Å². The average Bonchev–Trinajstić information content (AvgIpc) is 3.41. The molecule has 0 spiro atoms. The Balaban J connectivity index is 1.59. The zero-order valence-electron chi connectivity index (χ0n) is 13.8. The topological polar surface area (TPSA) is 51.1 Å². The highest BCUT2D eigenvalue weighted by Crippen LogP contribution is 2.35. The van der Waals surface area contributed by atoms with Gasteiger partial charge in [0.05, 0.1) is 10.0 Å². The normalized spacial score (nSPS) is 13.8. The lowest BCUT2D eigenvalue weighted by molar-refractivity contribution is -0.116. The molecule has 1 fully saturated rings. The maximum Gasteiger partial charge on any atom is 0.244 e. The fraction of sp³-hybridized carbons (Fsp3) is 0.200. The molecule has 1 saturated carbocycles. The first-order valence-electron chi connectivity index (χ1n) is 8.40. The number of nitrogens with zero attached hydrogens (tertiary/aromatic N) is 1. The Bertz CT molecular complexity index is 1020. The van der Waals surface area contributed by atoms with Crippen molar-refractivity contribution in [3.63, 3.8) is 0 Å². The Morgan fingerprint density at radius 3 is 2.58 bits per heavy atom. The van der Waals surface area contributed by atoms with Gasteiger partial charge in [-0.3, -0.25) is 9.59 Å². The first-order valence-corrected chi connectivity index (χ1v) is 9.15. The number of amides is 1. The van der Waals surface area contributed by atoms with Crippen LogP contribution in [0.25, 0.3) is 10.9 Å². The highest BCUT2D eigenvalue weighted by atomic mass is 35.5. The van der Waals surface area contributed by atoms with E-state index in [0.29, 0.717) is 21.3 Å². The summed E-state index contributed by atoms with van der Waals surface area (Å²) in [5.74, 6) is 0.110. The molecule has 4 nitrogen and oxygen atoms in total. The summed E-state index contributed by atoms with van der Waals surface area (Å²) in [5.41, 5.74) is 2.15. The molecule has 0 radical (unpaired) electrons. The minimum absolute atomic E-state index is 0.110. The minimum atomic E-state index is -0.199. The van der Waals surface area contributed by atoms with Crippen molar-refractivity contribution in [2.45, 2.75) is 19.4 Å². The Morgan fingerprint density at radius 1 is 1.08 bits per heavy atom. The zero-order chi connectivity index (χ0) is 18.3. The predicted molar refractivity (Wildman–Crippen MR) is 104 cm³/mol. The van der Waals surface area contributed by atoms with Crippen LogP contribution in [0.1, 0.15) is 23.2 Å². The number of benzene rings is 2. The van der Waals surface area contributed by atoms with Crippen molar-refractivity contribution in [3.8, 4) is 0 Å². The van der Waals surface area contributed by atoms with E-state index in [1.807, 2.05) is 28.8 Å². The van der Waals surface area contributed by atoms with E-state index in [-0.39, 0.29) is 24.2 Å². The summed E-state index contributed by atoms with van der Waals surface area (Å²) in [4.78, 5) is 25.0. The largest absolute Gasteiger partial charge is 0.337 e. The van der Waals surface area contributed by atoms with Crippen LogP contribution >= 0.6 is 23.2 Å². The zero-order valence-corrected chi connectivity index (χ0v) is 15.3. The Hall–Kier alpha value is -2.30. The molecule has 26 heavy (non-hydrogen) atoms. The monoisotopic (exact) mass is 386 g/mol. The average molecular weight is 387 g/mol. The molecule has 0 bridgehead atoms. The molecule has 0 aliphatic heterocycles. The van der Waals surface area contributed by atoms with Gasteiger partial charge in [-0.1, -0.05) is 41.4 Å². The SMILES string of the molecule is O=C(Cn1cc(C(=O)C2CC2)c2ccccc21)Nc1ccc(Cl)c(Cl)c1. The highest BCUT2D eigenvalue weighted by Gasteiger charge is 2.32. The van der Waals surface area contributed by atoms with Crippen molar-refractivity contribution in [3.05, 3.63) is 64.3 Å². The van der Waals surface area contributed by atoms with E-state index < -0.39 is 0 Å². The van der Waals surface area contributed by atoms with Crippen LogP contribution in [0.15, 0.2) is 48.7 Å².